The van der Waals surface area contributed by atoms with Gasteiger partial charge >= 0.3 is 0 Å². The maximum absolute atomic E-state index is 5.77. The van der Waals surface area contributed by atoms with Crippen LogP contribution < -0.4 is 16.6 Å². The summed E-state index contributed by atoms with van der Waals surface area (Å²) in [6.07, 6.45) is 0. The number of hydrogen-bond donors (Lipinski definition) is 3. The number of halogens is 1. The van der Waals surface area contributed by atoms with E-state index < -0.39 is 0 Å². The summed E-state index contributed by atoms with van der Waals surface area (Å²) in [7, 11) is 0. The Morgan fingerprint density at radius 2 is 2.17 bits per heavy atom. The van der Waals surface area contributed by atoms with E-state index in [1.807, 2.05) is 0 Å². The monoisotopic (exact) mass is 182 g/mol. The standard InChI is InChI=1S/C7H7ClN4/c8-4-1-2-5-6(3-4)11-12-7(9)10-5/h1-3,11H,(H3,9,10,12). The Morgan fingerprint density at radius 3 is 3.00 bits per heavy atom. The van der Waals surface area contributed by atoms with Crippen molar-refractivity contribution < 1.29 is 0 Å². The maximum atomic E-state index is 5.77. The molecule has 0 radical (unpaired) electrons. The number of guanidine groups is 1. The number of benzene rings is 1. The molecule has 12 heavy (non-hydrogen) atoms. The van der Waals surface area contributed by atoms with Gasteiger partial charge in [0.15, 0.2) is 0 Å². The second-order valence-electron chi connectivity index (χ2n) is 2.41. The minimum atomic E-state index is 0.352. The summed E-state index contributed by atoms with van der Waals surface area (Å²) in [5.74, 6) is 0.352. The summed E-state index contributed by atoms with van der Waals surface area (Å²) < 4.78 is 0. The molecule has 4 nitrogen and oxygen atoms in total. The molecule has 0 atom stereocenters. The summed E-state index contributed by atoms with van der Waals surface area (Å²) >= 11 is 5.77. The fourth-order valence-corrected chi connectivity index (χ4v) is 1.17. The zero-order chi connectivity index (χ0) is 8.55. The SMILES string of the molecule is NC1=Nc2ccc(Cl)cc2NN1. The molecule has 0 aliphatic carbocycles. The Bertz CT molecular complexity index is 347. The molecule has 0 amide bonds. The maximum Gasteiger partial charge on any atom is 0.212 e. The van der Waals surface area contributed by atoms with Crippen molar-refractivity contribution in [2.45, 2.75) is 0 Å². The molecule has 1 aromatic rings. The fourth-order valence-electron chi connectivity index (χ4n) is 0.995. The number of rotatable bonds is 0. The van der Waals surface area contributed by atoms with Crippen LogP contribution in [0.1, 0.15) is 0 Å². The fraction of sp³-hybridized carbons (Fsp3) is 0. The molecule has 62 valence electrons. The first-order valence-corrected chi connectivity index (χ1v) is 3.79. The van der Waals surface area contributed by atoms with Crippen LogP contribution in [0.2, 0.25) is 5.02 Å². The largest absolute Gasteiger partial charge is 0.368 e. The van der Waals surface area contributed by atoms with Gasteiger partial charge in [0, 0.05) is 5.02 Å². The zero-order valence-electron chi connectivity index (χ0n) is 6.13. The highest BCUT2D eigenvalue weighted by molar-refractivity contribution is 6.31. The van der Waals surface area contributed by atoms with E-state index in [1.165, 1.54) is 0 Å². The third-order valence-corrected chi connectivity index (χ3v) is 1.76. The number of nitrogens with two attached hydrogens (primary N) is 1. The zero-order valence-corrected chi connectivity index (χ0v) is 6.89. The summed E-state index contributed by atoms with van der Waals surface area (Å²) in [5, 5.41) is 0.665. The predicted octanol–water partition coefficient (Wildman–Crippen LogP) is 1.22. The minimum absolute atomic E-state index is 0.352. The Labute approximate surface area is 74.4 Å². The van der Waals surface area contributed by atoms with Crippen LogP contribution in [0.15, 0.2) is 23.2 Å². The third kappa shape index (κ3) is 1.16. The molecule has 2 rings (SSSR count). The third-order valence-electron chi connectivity index (χ3n) is 1.52. The molecular weight excluding hydrogens is 176 g/mol. The van der Waals surface area contributed by atoms with Crippen LogP contribution in [0.4, 0.5) is 11.4 Å². The van der Waals surface area contributed by atoms with Gasteiger partial charge in [-0.25, -0.2) is 4.99 Å². The van der Waals surface area contributed by atoms with E-state index in [0.717, 1.165) is 11.4 Å². The van der Waals surface area contributed by atoms with Crippen molar-refractivity contribution in [3.05, 3.63) is 23.2 Å². The lowest BCUT2D eigenvalue weighted by molar-refractivity contribution is 1.07. The van der Waals surface area contributed by atoms with Crippen LogP contribution in [0, 0.1) is 0 Å². The minimum Gasteiger partial charge on any atom is -0.368 e. The van der Waals surface area contributed by atoms with Crippen LogP contribution in [0.25, 0.3) is 0 Å². The van der Waals surface area contributed by atoms with Crippen LogP contribution in [-0.4, -0.2) is 5.96 Å². The van der Waals surface area contributed by atoms with E-state index >= 15 is 0 Å². The average molecular weight is 183 g/mol. The molecule has 0 bridgehead atoms. The van der Waals surface area contributed by atoms with Gasteiger partial charge in [-0.15, -0.1) is 0 Å². The number of hydrogen-bond acceptors (Lipinski definition) is 4. The first-order chi connectivity index (χ1) is 5.75. The lowest BCUT2D eigenvalue weighted by Gasteiger charge is -2.16. The molecule has 0 spiro atoms. The van der Waals surface area contributed by atoms with Crippen molar-refractivity contribution in [1.29, 1.82) is 0 Å². The van der Waals surface area contributed by atoms with E-state index in [0.29, 0.717) is 11.0 Å². The predicted molar refractivity (Wildman–Crippen MR) is 49.5 cm³/mol. The topological polar surface area (TPSA) is 62.4 Å². The lowest BCUT2D eigenvalue weighted by Crippen LogP contribution is -2.37. The Morgan fingerprint density at radius 1 is 1.33 bits per heavy atom. The number of fused-ring (bicyclic) bond motifs is 1. The molecule has 1 aromatic carbocycles. The number of anilines is 1. The molecule has 0 aromatic heterocycles. The van der Waals surface area contributed by atoms with E-state index in [4.69, 9.17) is 17.3 Å². The summed E-state index contributed by atoms with van der Waals surface area (Å²) in [5.41, 5.74) is 12.6. The first kappa shape index (κ1) is 7.24. The lowest BCUT2D eigenvalue weighted by atomic mass is 10.2. The molecule has 4 N–H and O–H groups in total. The van der Waals surface area contributed by atoms with Crippen molar-refractivity contribution in [3.63, 3.8) is 0 Å². The number of nitrogens with one attached hydrogen (secondary N) is 2. The molecule has 1 heterocycles. The van der Waals surface area contributed by atoms with Crippen molar-refractivity contribution in [3.8, 4) is 0 Å². The van der Waals surface area contributed by atoms with Gasteiger partial charge in [-0.05, 0) is 18.2 Å². The Balaban J connectivity index is 2.51. The highest BCUT2D eigenvalue weighted by atomic mass is 35.5. The van der Waals surface area contributed by atoms with Crippen molar-refractivity contribution >= 4 is 28.9 Å². The summed E-state index contributed by atoms with van der Waals surface area (Å²) in [6, 6.07) is 5.35. The summed E-state index contributed by atoms with van der Waals surface area (Å²) in [4.78, 5) is 4.05. The van der Waals surface area contributed by atoms with Crippen molar-refractivity contribution in [2.24, 2.45) is 10.7 Å². The van der Waals surface area contributed by atoms with Gasteiger partial charge in [0.25, 0.3) is 0 Å². The average Bonchev–Trinajstić information content (AvgIpc) is 2.05. The first-order valence-electron chi connectivity index (χ1n) is 3.41. The highest BCUT2D eigenvalue weighted by Crippen LogP contribution is 2.28. The second-order valence-corrected chi connectivity index (χ2v) is 2.84. The highest BCUT2D eigenvalue weighted by Gasteiger charge is 2.07. The second kappa shape index (κ2) is 2.57. The Kier molecular flexibility index (Phi) is 1.55. The van der Waals surface area contributed by atoms with Crippen LogP contribution >= 0.6 is 11.6 Å². The number of hydrazine groups is 1. The van der Waals surface area contributed by atoms with Gasteiger partial charge in [0.1, 0.15) is 0 Å². The smallest absolute Gasteiger partial charge is 0.212 e. The van der Waals surface area contributed by atoms with E-state index in [-0.39, 0.29) is 0 Å². The van der Waals surface area contributed by atoms with Gasteiger partial charge < -0.3 is 5.73 Å². The molecular formula is C7H7ClN4. The van der Waals surface area contributed by atoms with Crippen molar-refractivity contribution in [2.75, 3.05) is 5.43 Å². The Hall–Kier alpha value is -1.42. The van der Waals surface area contributed by atoms with Gasteiger partial charge in [0.05, 0.1) is 11.4 Å². The van der Waals surface area contributed by atoms with E-state index in [9.17, 15) is 0 Å². The quantitative estimate of drug-likeness (QED) is 0.565. The van der Waals surface area contributed by atoms with E-state index in [1.54, 1.807) is 18.2 Å². The molecule has 0 saturated carbocycles. The van der Waals surface area contributed by atoms with Gasteiger partial charge in [-0.1, -0.05) is 11.6 Å². The normalized spacial score (nSPS) is 13.9. The van der Waals surface area contributed by atoms with Gasteiger partial charge in [-0.3, -0.25) is 10.9 Å². The summed E-state index contributed by atoms with van der Waals surface area (Å²) in [6.45, 7) is 0. The van der Waals surface area contributed by atoms with Crippen LogP contribution in [-0.2, 0) is 0 Å². The number of aliphatic imine (C=N–C) groups is 1. The van der Waals surface area contributed by atoms with Crippen LogP contribution in [0.3, 0.4) is 0 Å². The van der Waals surface area contributed by atoms with Gasteiger partial charge in [-0.2, -0.15) is 0 Å². The molecule has 0 saturated heterocycles. The number of nitrogens with zero attached hydrogens (tertiary/aromatic N) is 1. The molecule has 1 aliphatic rings. The molecule has 0 unspecified atom stereocenters. The van der Waals surface area contributed by atoms with Crippen molar-refractivity contribution in [1.82, 2.24) is 5.43 Å². The molecule has 5 heteroatoms. The van der Waals surface area contributed by atoms with E-state index in [2.05, 4.69) is 15.8 Å². The van der Waals surface area contributed by atoms with Crippen LogP contribution in [0.5, 0.6) is 0 Å². The molecule has 1 aliphatic heterocycles. The van der Waals surface area contributed by atoms with Gasteiger partial charge in [0.2, 0.25) is 5.96 Å². The molecule has 0 fully saturated rings.